The van der Waals surface area contributed by atoms with Crippen molar-refractivity contribution in [3.8, 4) is 11.5 Å². The minimum atomic E-state index is -0.342. The molecular formula is C17H20FNO. The van der Waals surface area contributed by atoms with Crippen LogP contribution < -0.4 is 10.1 Å². The van der Waals surface area contributed by atoms with Crippen molar-refractivity contribution in [2.24, 2.45) is 0 Å². The number of hydrogen-bond donors (Lipinski definition) is 1. The van der Waals surface area contributed by atoms with Crippen molar-refractivity contribution in [1.82, 2.24) is 5.32 Å². The quantitative estimate of drug-likeness (QED) is 0.786. The zero-order valence-corrected chi connectivity index (χ0v) is 11.9. The Morgan fingerprint density at radius 3 is 2.80 bits per heavy atom. The van der Waals surface area contributed by atoms with Gasteiger partial charge in [-0.05, 0) is 55.3 Å². The highest BCUT2D eigenvalue weighted by Crippen LogP contribution is 2.26. The van der Waals surface area contributed by atoms with Crippen molar-refractivity contribution < 1.29 is 9.13 Å². The summed E-state index contributed by atoms with van der Waals surface area (Å²) in [5, 5.41) is 3.33. The maximum atomic E-state index is 13.7. The van der Waals surface area contributed by atoms with Crippen LogP contribution in [0.4, 0.5) is 4.39 Å². The maximum Gasteiger partial charge on any atom is 0.165 e. The van der Waals surface area contributed by atoms with Gasteiger partial charge in [0, 0.05) is 6.54 Å². The molecule has 106 valence electrons. The van der Waals surface area contributed by atoms with Crippen LogP contribution in [0.1, 0.15) is 24.5 Å². The van der Waals surface area contributed by atoms with Crippen LogP contribution in [0, 0.1) is 12.7 Å². The minimum absolute atomic E-state index is 0.267. The highest BCUT2D eigenvalue weighted by Gasteiger charge is 2.05. The van der Waals surface area contributed by atoms with Crippen molar-refractivity contribution in [2.45, 2.75) is 26.8 Å². The lowest BCUT2D eigenvalue weighted by molar-refractivity contribution is 0.441. The fraction of sp³-hybridized carbons (Fsp3) is 0.294. The molecule has 0 amide bonds. The first kappa shape index (κ1) is 14.5. The van der Waals surface area contributed by atoms with Crippen molar-refractivity contribution in [3.63, 3.8) is 0 Å². The summed E-state index contributed by atoms with van der Waals surface area (Å²) in [6.45, 7) is 5.82. The SMILES string of the molecule is CCCNCc1cccc(Oc2cc(C)ccc2F)c1. The van der Waals surface area contributed by atoms with Crippen LogP contribution in [0.25, 0.3) is 0 Å². The van der Waals surface area contributed by atoms with Crippen LogP contribution in [0.5, 0.6) is 11.5 Å². The number of halogens is 1. The molecule has 0 aliphatic rings. The second-order valence-electron chi connectivity index (χ2n) is 4.86. The van der Waals surface area contributed by atoms with Gasteiger partial charge in [-0.2, -0.15) is 0 Å². The molecule has 2 aromatic carbocycles. The molecule has 2 nitrogen and oxygen atoms in total. The van der Waals surface area contributed by atoms with E-state index in [1.54, 1.807) is 12.1 Å². The Morgan fingerprint density at radius 2 is 2.00 bits per heavy atom. The molecule has 0 aromatic heterocycles. The summed E-state index contributed by atoms with van der Waals surface area (Å²) in [5.41, 5.74) is 2.10. The van der Waals surface area contributed by atoms with Crippen LogP contribution >= 0.6 is 0 Å². The first-order chi connectivity index (χ1) is 9.69. The average Bonchev–Trinajstić information content (AvgIpc) is 2.44. The summed E-state index contributed by atoms with van der Waals surface area (Å²) in [7, 11) is 0. The van der Waals surface area contributed by atoms with Crippen molar-refractivity contribution in [3.05, 3.63) is 59.4 Å². The van der Waals surface area contributed by atoms with Gasteiger partial charge in [-0.25, -0.2) is 4.39 Å². The van der Waals surface area contributed by atoms with Gasteiger partial charge in [-0.1, -0.05) is 25.1 Å². The average molecular weight is 273 g/mol. The van der Waals surface area contributed by atoms with E-state index < -0.39 is 0 Å². The molecule has 2 rings (SSSR count). The van der Waals surface area contributed by atoms with E-state index in [4.69, 9.17) is 4.74 Å². The molecule has 0 heterocycles. The van der Waals surface area contributed by atoms with Crippen molar-refractivity contribution >= 4 is 0 Å². The fourth-order valence-corrected chi connectivity index (χ4v) is 1.94. The van der Waals surface area contributed by atoms with Gasteiger partial charge in [-0.3, -0.25) is 0 Å². The second-order valence-corrected chi connectivity index (χ2v) is 4.86. The third-order valence-electron chi connectivity index (χ3n) is 2.97. The molecule has 0 saturated heterocycles. The van der Waals surface area contributed by atoms with E-state index in [0.717, 1.165) is 30.6 Å². The van der Waals surface area contributed by atoms with Crippen LogP contribution in [0.15, 0.2) is 42.5 Å². The molecule has 0 aliphatic carbocycles. The Morgan fingerprint density at radius 1 is 1.15 bits per heavy atom. The summed E-state index contributed by atoms with van der Waals surface area (Å²) >= 11 is 0. The molecule has 0 bridgehead atoms. The highest BCUT2D eigenvalue weighted by molar-refractivity contribution is 5.36. The number of nitrogens with one attached hydrogen (secondary N) is 1. The van der Waals surface area contributed by atoms with E-state index >= 15 is 0 Å². The van der Waals surface area contributed by atoms with Crippen LogP contribution in [-0.4, -0.2) is 6.54 Å². The molecule has 0 fully saturated rings. The first-order valence-corrected chi connectivity index (χ1v) is 6.92. The topological polar surface area (TPSA) is 21.3 Å². The lowest BCUT2D eigenvalue weighted by Gasteiger charge is -2.09. The smallest absolute Gasteiger partial charge is 0.165 e. The molecule has 0 radical (unpaired) electrons. The maximum absolute atomic E-state index is 13.7. The molecule has 0 spiro atoms. The van der Waals surface area contributed by atoms with E-state index in [1.165, 1.54) is 6.07 Å². The third-order valence-corrected chi connectivity index (χ3v) is 2.97. The van der Waals surface area contributed by atoms with E-state index in [2.05, 4.69) is 12.2 Å². The predicted molar refractivity (Wildman–Crippen MR) is 79.7 cm³/mol. The van der Waals surface area contributed by atoms with Gasteiger partial charge in [0.25, 0.3) is 0 Å². The summed E-state index contributed by atoms with van der Waals surface area (Å²) in [5.74, 6) is 0.582. The van der Waals surface area contributed by atoms with Gasteiger partial charge >= 0.3 is 0 Å². The Bertz CT molecular complexity index is 569. The zero-order valence-electron chi connectivity index (χ0n) is 11.9. The summed E-state index contributed by atoms with van der Waals surface area (Å²) < 4.78 is 19.3. The van der Waals surface area contributed by atoms with Gasteiger partial charge in [0.15, 0.2) is 11.6 Å². The lowest BCUT2D eigenvalue weighted by atomic mass is 10.2. The number of hydrogen-bond acceptors (Lipinski definition) is 2. The first-order valence-electron chi connectivity index (χ1n) is 6.92. The van der Waals surface area contributed by atoms with Gasteiger partial charge in [0.1, 0.15) is 5.75 Å². The van der Waals surface area contributed by atoms with Crippen LogP contribution in [0.2, 0.25) is 0 Å². The molecule has 2 aromatic rings. The molecular weight excluding hydrogens is 253 g/mol. The highest BCUT2D eigenvalue weighted by atomic mass is 19.1. The molecule has 1 N–H and O–H groups in total. The number of aryl methyl sites for hydroxylation is 1. The summed E-state index contributed by atoms with van der Waals surface area (Å²) in [6, 6.07) is 12.6. The third kappa shape index (κ3) is 4.07. The van der Waals surface area contributed by atoms with Crippen molar-refractivity contribution in [1.29, 1.82) is 0 Å². The molecule has 0 atom stereocenters. The van der Waals surface area contributed by atoms with Gasteiger partial charge in [-0.15, -0.1) is 0 Å². The summed E-state index contributed by atoms with van der Waals surface area (Å²) in [4.78, 5) is 0. The summed E-state index contributed by atoms with van der Waals surface area (Å²) in [6.07, 6.45) is 1.10. The van der Waals surface area contributed by atoms with E-state index in [0.29, 0.717) is 5.75 Å². The standard InChI is InChI=1S/C17H20FNO/c1-3-9-19-12-14-5-4-6-15(11-14)20-17-10-13(2)7-8-16(17)18/h4-8,10-11,19H,3,9,12H2,1-2H3. The van der Waals surface area contributed by atoms with Crippen LogP contribution in [0.3, 0.4) is 0 Å². The Kier molecular flexibility index (Phi) is 5.13. The number of rotatable bonds is 6. The number of benzene rings is 2. The van der Waals surface area contributed by atoms with Gasteiger partial charge in [0.2, 0.25) is 0 Å². The fourth-order valence-electron chi connectivity index (χ4n) is 1.94. The van der Waals surface area contributed by atoms with E-state index in [1.807, 2.05) is 31.2 Å². The largest absolute Gasteiger partial charge is 0.454 e. The Labute approximate surface area is 119 Å². The Hall–Kier alpha value is -1.87. The predicted octanol–water partition coefficient (Wildman–Crippen LogP) is 4.43. The number of ether oxygens (including phenoxy) is 1. The molecule has 0 aliphatic heterocycles. The van der Waals surface area contributed by atoms with Crippen molar-refractivity contribution in [2.75, 3.05) is 6.54 Å². The zero-order chi connectivity index (χ0) is 14.4. The Balaban J connectivity index is 2.09. The van der Waals surface area contributed by atoms with E-state index in [-0.39, 0.29) is 11.6 Å². The van der Waals surface area contributed by atoms with Gasteiger partial charge < -0.3 is 10.1 Å². The molecule has 20 heavy (non-hydrogen) atoms. The molecule has 0 saturated carbocycles. The van der Waals surface area contributed by atoms with Gasteiger partial charge in [0.05, 0.1) is 0 Å². The monoisotopic (exact) mass is 273 g/mol. The lowest BCUT2D eigenvalue weighted by Crippen LogP contribution is -2.13. The molecule has 0 unspecified atom stereocenters. The normalized spacial score (nSPS) is 10.6. The minimum Gasteiger partial charge on any atom is -0.454 e. The molecule has 3 heteroatoms. The van der Waals surface area contributed by atoms with E-state index in [9.17, 15) is 4.39 Å². The van der Waals surface area contributed by atoms with Crippen LogP contribution in [-0.2, 0) is 6.54 Å². The second kappa shape index (κ2) is 7.06.